The molecular formula is C16H23F2N. The Balaban J connectivity index is 2.26. The van der Waals surface area contributed by atoms with Crippen LogP contribution >= 0.6 is 0 Å². The predicted molar refractivity (Wildman–Crippen MR) is 74.6 cm³/mol. The summed E-state index contributed by atoms with van der Waals surface area (Å²) >= 11 is 0. The number of benzene rings is 1. The molecule has 1 saturated carbocycles. The summed E-state index contributed by atoms with van der Waals surface area (Å²) in [5.41, 5.74) is 7.87. The minimum absolute atomic E-state index is 0.0112. The summed E-state index contributed by atoms with van der Waals surface area (Å²) in [6.07, 6.45) is 5.59. The molecule has 0 atom stereocenters. The lowest BCUT2D eigenvalue weighted by molar-refractivity contribution is 0.0226. The van der Waals surface area contributed by atoms with Crippen LogP contribution in [0.25, 0.3) is 0 Å². The first-order valence-electron chi connectivity index (χ1n) is 7.13. The molecule has 1 nitrogen and oxygen atoms in total. The van der Waals surface area contributed by atoms with Crippen LogP contribution in [0, 0.1) is 0 Å². The Kier molecular flexibility index (Phi) is 4.24. The normalized spacial score (nSPS) is 19.4. The first kappa shape index (κ1) is 14.4. The van der Waals surface area contributed by atoms with E-state index in [9.17, 15) is 8.78 Å². The van der Waals surface area contributed by atoms with E-state index in [4.69, 9.17) is 5.73 Å². The summed E-state index contributed by atoms with van der Waals surface area (Å²) in [6.45, 7) is 1.58. The van der Waals surface area contributed by atoms with Crippen LogP contribution < -0.4 is 5.73 Å². The first-order chi connectivity index (χ1) is 8.95. The van der Waals surface area contributed by atoms with Gasteiger partial charge >= 0.3 is 0 Å². The largest absolute Gasteiger partial charge is 0.330 e. The Bertz CT molecular complexity index is 417. The molecule has 1 aliphatic carbocycles. The Morgan fingerprint density at radius 1 is 1.21 bits per heavy atom. The van der Waals surface area contributed by atoms with Crippen molar-refractivity contribution in [2.75, 3.05) is 6.54 Å². The third-order valence-electron chi connectivity index (χ3n) is 4.26. The van der Waals surface area contributed by atoms with Gasteiger partial charge in [0.05, 0.1) is 0 Å². The van der Waals surface area contributed by atoms with Crippen LogP contribution in [0.1, 0.15) is 50.2 Å². The van der Waals surface area contributed by atoms with Crippen molar-refractivity contribution in [1.82, 2.24) is 0 Å². The molecule has 0 saturated heterocycles. The molecule has 0 unspecified atom stereocenters. The van der Waals surface area contributed by atoms with E-state index in [2.05, 4.69) is 6.07 Å². The molecule has 19 heavy (non-hydrogen) atoms. The zero-order valence-electron chi connectivity index (χ0n) is 11.6. The van der Waals surface area contributed by atoms with Crippen LogP contribution in [0.3, 0.4) is 0 Å². The maximum atomic E-state index is 13.1. The van der Waals surface area contributed by atoms with Gasteiger partial charge in [0.1, 0.15) is 0 Å². The lowest BCUT2D eigenvalue weighted by atomic mass is 9.69. The summed E-state index contributed by atoms with van der Waals surface area (Å²) in [5.74, 6) is -2.65. The van der Waals surface area contributed by atoms with Crippen molar-refractivity contribution in [3.63, 3.8) is 0 Å². The van der Waals surface area contributed by atoms with E-state index in [0.29, 0.717) is 12.1 Å². The molecular weight excluding hydrogens is 244 g/mol. The molecule has 0 amide bonds. The van der Waals surface area contributed by atoms with Crippen LogP contribution in [0.2, 0.25) is 0 Å². The molecule has 0 heterocycles. The van der Waals surface area contributed by atoms with Crippen molar-refractivity contribution in [3.05, 3.63) is 35.4 Å². The number of rotatable bonds is 4. The molecule has 1 fully saturated rings. The summed E-state index contributed by atoms with van der Waals surface area (Å²) in [4.78, 5) is 0. The average Bonchev–Trinajstić information content (AvgIpc) is 2.38. The zero-order chi connectivity index (χ0) is 13.9. The second-order valence-corrected chi connectivity index (χ2v) is 5.99. The fourth-order valence-electron chi connectivity index (χ4n) is 3.21. The van der Waals surface area contributed by atoms with E-state index in [1.165, 1.54) is 19.3 Å². The van der Waals surface area contributed by atoms with Crippen molar-refractivity contribution in [3.8, 4) is 0 Å². The van der Waals surface area contributed by atoms with Crippen molar-refractivity contribution < 1.29 is 8.78 Å². The molecule has 0 aromatic heterocycles. The van der Waals surface area contributed by atoms with Crippen LogP contribution in [0.4, 0.5) is 8.78 Å². The van der Waals surface area contributed by atoms with Gasteiger partial charge in [-0.3, -0.25) is 0 Å². The molecule has 1 aromatic carbocycles. The van der Waals surface area contributed by atoms with E-state index < -0.39 is 5.92 Å². The Morgan fingerprint density at radius 3 is 2.47 bits per heavy atom. The zero-order valence-corrected chi connectivity index (χ0v) is 11.6. The van der Waals surface area contributed by atoms with Gasteiger partial charge in [-0.15, -0.1) is 0 Å². The Hall–Kier alpha value is -0.960. The van der Waals surface area contributed by atoms with Crippen LogP contribution in [-0.2, 0) is 11.8 Å². The molecule has 3 heteroatoms. The Morgan fingerprint density at radius 2 is 1.89 bits per heavy atom. The first-order valence-corrected chi connectivity index (χ1v) is 7.13. The summed E-state index contributed by atoms with van der Waals surface area (Å²) in [6, 6.07) is 7.67. The van der Waals surface area contributed by atoms with Gasteiger partial charge in [-0.2, -0.15) is 0 Å². The van der Waals surface area contributed by atoms with Crippen molar-refractivity contribution >= 4 is 0 Å². The van der Waals surface area contributed by atoms with Gasteiger partial charge in [0.15, 0.2) is 0 Å². The van der Waals surface area contributed by atoms with E-state index in [-0.39, 0.29) is 11.8 Å². The minimum Gasteiger partial charge on any atom is -0.330 e. The fraction of sp³-hybridized carbons (Fsp3) is 0.625. The number of hydrogen-bond acceptors (Lipinski definition) is 1. The van der Waals surface area contributed by atoms with E-state index in [0.717, 1.165) is 25.3 Å². The summed E-state index contributed by atoms with van der Waals surface area (Å²) in [7, 11) is 0. The predicted octanol–water partition coefficient (Wildman–Crippen LogP) is 4.04. The highest BCUT2D eigenvalue weighted by Crippen LogP contribution is 2.39. The van der Waals surface area contributed by atoms with Gasteiger partial charge in [0.2, 0.25) is 5.92 Å². The molecule has 106 valence electrons. The van der Waals surface area contributed by atoms with E-state index >= 15 is 0 Å². The van der Waals surface area contributed by atoms with Crippen molar-refractivity contribution in [2.45, 2.75) is 56.8 Å². The van der Waals surface area contributed by atoms with Crippen LogP contribution in [-0.4, -0.2) is 12.5 Å². The SMILES string of the molecule is CC(F)(F)Cc1cccc(C2(CN)CCCCC2)c1. The molecule has 2 N–H and O–H groups in total. The van der Waals surface area contributed by atoms with Gasteiger partial charge in [-0.1, -0.05) is 43.5 Å². The van der Waals surface area contributed by atoms with Gasteiger partial charge in [0.25, 0.3) is 0 Å². The molecule has 0 spiro atoms. The molecule has 2 rings (SSSR count). The minimum atomic E-state index is -2.65. The lowest BCUT2D eigenvalue weighted by Crippen LogP contribution is -2.37. The van der Waals surface area contributed by atoms with Crippen molar-refractivity contribution in [1.29, 1.82) is 0 Å². The fourth-order valence-corrected chi connectivity index (χ4v) is 3.21. The van der Waals surface area contributed by atoms with Crippen LogP contribution in [0.15, 0.2) is 24.3 Å². The topological polar surface area (TPSA) is 26.0 Å². The van der Waals surface area contributed by atoms with E-state index in [1.54, 1.807) is 6.07 Å². The number of halogens is 2. The molecule has 0 bridgehead atoms. The number of alkyl halides is 2. The average molecular weight is 267 g/mol. The Labute approximate surface area is 114 Å². The number of hydrogen-bond donors (Lipinski definition) is 1. The summed E-state index contributed by atoms with van der Waals surface area (Å²) < 4.78 is 26.3. The standard InChI is InChI=1S/C16H23F2N/c1-15(17,18)11-13-6-5-7-14(10-13)16(12-19)8-3-2-4-9-16/h5-7,10H,2-4,8-9,11-12,19H2,1H3. The highest BCUT2D eigenvalue weighted by atomic mass is 19.3. The monoisotopic (exact) mass is 267 g/mol. The van der Waals surface area contributed by atoms with Gasteiger partial charge in [0, 0.05) is 18.4 Å². The molecule has 1 aliphatic rings. The number of nitrogens with two attached hydrogens (primary N) is 1. The molecule has 0 aliphatic heterocycles. The smallest absolute Gasteiger partial charge is 0.249 e. The van der Waals surface area contributed by atoms with Crippen molar-refractivity contribution in [2.24, 2.45) is 5.73 Å². The third kappa shape index (κ3) is 3.53. The summed E-state index contributed by atoms with van der Waals surface area (Å²) in [5, 5.41) is 0. The van der Waals surface area contributed by atoms with Gasteiger partial charge in [-0.05, 0) is 30.9 Å². The maximum Gasteiger partial charge on any atom is 0.249 e. The second-order valence-electron chi connectivity index (χ2n) is 5.99. The maximum absolute atomic E-state index is 13.1. The second kappa shape index (κ2) is 5.58. The van der Waals surface area contributed by atoms with E-state index in [1.807, 2.05) is 12.1 Å². The molecule has 0 radical (unpaired) electrons. The third-order valence-corrected chi connectivity index (χ3v) is 4.26. The lowest BCUT2D eigenvalue weighted by Gasteiger charge is -2.37. The highest BCUT2D eigenvalue weighted by Gasteiger charge is 2.33. The quantitative estimate of drug-likeness (QED) is 0.875. The highest BCUT2D eigenvalue weighted by molar-refractivity contribution is 5.32. The van der Waals surface area contributed by atoms with Gasteiger partial charge in [-0.25, -0.2) is 8.78 Å². The van der Waals surface area contributed by atoms with Crippen LogP contribution in [0.5, 0.6) is 0 Å². The molecule has 1 aromatic rings. The van der Waals surface area contributed by atoms with Gasteiger partial charge < -0.3 is 5.73 Å².